The molecule has 6 aromatic rings. The van der Waals surface area contributed by atoms with E-state index in [1.807, 2.05) is 108 Å². The van der Waals surface area contributed by atoms with Crippen LogP contribution in [0.25, 0.3) is 21.5 Å². The van der Waals surface area contributed by atoms with E-state index in [4.69, 9.17) is 52.5 Å². The Hall–Kier alpha value is -6.01. The molecule has 0 amide bonds. The Morgan fingerprint density at radius 3 is 1.73 bits per heavy atom. The Balaban J connectivity index is 1.48. The molecule has 60 heavy (non-hydrogen) atoms. The third-order valence-corrected chi connectivity index (χ3v) is 14.7. The van der Waals surface area contributed by atoms with Gasteiger partial charge in [0.25, 0.3) is 0 Å². The first-order valence-electron chi connectivity index (χ1n) is 20.1. The number of aliphatic imine (C=N–C) groups is 4. The summed E-state index contributed by atoms with van der Waals surface area (Å²) in [4.78, 5) is 31.9. The van der Waals surface area contributed by atoms with Crippen LogP contribution in [0, 0.1) is 0 Å². The van der Waals surface area contributed by atoms with Gasteiger partial charge in [-0.2, -0.15) is 0 Å². The van der Waals surface area contributed by atoms with E-state index in [1.165, 1.54) is 0 Å². The highest BCUT2D eigenvalue weighted by Gasteiger charge is 2.49. The van der Waals surface area contributed by atoms with Crippen molar-refractivity contribution in [1.29, 1.82) is 0 Å². The topological polar surface area (TPSA) is 167 Å². The van der Waals surface area contributed by atoms with Crippen molar-refractivity contribution >= 4 is 79.5 Å². The van der Waals surface area contributed by atoms with Crippen molar-refractivity contribution in [3.8, 4) is 23.0 Å². The summed E-state index contributed by atoms with van der Waals surface area (Å²) in [6.45, 7) is 9.18. The quantitative estimate of drug-likeness (QED) is 0.100. The van der Waals surface area contributed by atoms with Crippen LogP contribution >= 0.6 is 8.03 Å². The lowest BCUT2D eigenvalue weighted by atomic mass is 10.1. The second kappa shape index (κ2) is 15.5. The van der Waals surface area contributed by atoms with Crippen molar-refractivity contribution in [3.05, 3.63) is 106 Å². The fourth-order valence-corrected chi connectivity index (χ4v) is 12.4. The van der Waals surface area contributed by atoms with Crippen LogP contribution in [0.2, 0.25) is 0 Å². The van der Waals surface area contributed by atoms with E-state index in [1.54, 1.807) is 0 Å². The minimum atomic E-state index is -3.49. The molecule has 0 fully saturated rings. The second-order valence-corrected chi connectivity index (χ2v) is 17.7. The highest BCUT2D eigenvalue weighted by molar-refractivity contribution is 7.40. The average molecular weight is 838 g/mol. The standard InChI is InChI=1S/C40H32N8O4.C3H7O3P.Al/c1-5-49-25-17-9-13-21-29(25)37-41-33(21)46-38-31-23(15-11-19-27(31)51-7-3)35(43-38)48-40-32-24(16-12-20-28(32)52-8-4)36(44-40)47-39-30-22(34(42-39)45-37)14-10-18-26(30)50-6-2;4-2-1-3-7(5)6;/h9-20H,5-8H2,1-4H3;4H,1-3H2;/q-2;;+3. The molecular weight excluding hydrogens is 798 g/mol. The third-order valence-electron chi connectivity index (χ3n) is 10.5. The van der Waals surface area contributed by atoms with E-state index < -0.39 is 23.0 Å². The van der Waals surface area contributed by atoms with E-state index in [9.17, 15) is 9.67 Å². The summed E-state index contributed by atoms with van der Waals surface area (Å²) in [5, 5.41) is 12.6. The molecule has 0 aliphatic carbocycles. The Morgan fingerprint density at radius 2 is 1.08 bits per heavy atom. The fraction of sp³-hybridized carbons (Fsp3) is 0.256. The van der Waals surface area contributed by atoms with Crippen LogP contribution < -0.4 is 29.9 Å². The predicted molar refractivity (Wildman–Crippen MR) is 231 cm³/mol. The summed E-state index contributed by atoms with van der Waals surface area (Å²) in [5.74, 6) is 4.81. The first kappa shape index (κ1) is 38.2. The SMILES string of the molecule is CCOc1cccc2c1C1=NC2=Nc2c3c(OCC)cccc3c3[n]2[Al]([O][P+](=O)CCCO)[n]2c(c4cccc(OCC)c4c2=NC2=NC(=N3)c3c(OCC)cccc32)=N1. The molecule has 4 aliphatic heterocycles. The number of aromatic nitrogens is 2. The first-order valence-corrected chi connectivity index (χ1v) is 23.0. The number of hydrogen-bond donors (Lipinski definition) is 1. The Bertz CT molecular complexity index is 3060. The zero-order valence-corrected chi connectivity index (χ0v) is 35.4. The number of amidine groups is 4. The molecule has 0 radical (unpaired) electrons. The molecule has 0 spiro atoms. The lowest BCUT2D eigenvalue weighted by molar-refractivity contribution is 0.294. The van der Waals surface area contributed by atoms with Crippen molar-refractivity contribution in [1.82, 2.24) is 7.10 Å². The van der Waals surface area contributed by atoms with Crippen LogP contribution in [0.4, 0.5) is 11.6 Å². The van der Waals surface area contributed by atoms with Gasteiger partial charge in [0.15, 0.2) is 29.5 Å². The molecule has 0 saturated heterocycles. The van der Waals surface area contributed by atoms with E-state index in [0.29, 0.717) is 128 Å². The highest BCUT2D eigenvalue weighted by atomic mass is 31.1. The van der Waals surface area contributed by atoms with Crippen molar-refractivity contribution < 1.29 is 32.2 Å². The van der Waals surface area contributed by atoms with Crippen LogP contribution in [-0.2, 0) is 8.14 Å². The van der Waals surface area contributed by atoms with Crippen LogP contribution in [0.15, 0.2) is 103 Å². The lowest BCUT2D eigenvalue weighted by Crippen LogP contribution is -2.47. The molecule has 4 aromatic carbocycles. The largest absolute Gasteiger partial charge is 0.861 e. The van der Waals surface area contributed by atoms with Crippen LogP contribution in [0.1, 0.15) is 56.4 Å². The number of fused-ring (bicyclic) bond motifs is 14. The van der Waals surface area contributed by atoms with Crippen molar-refractivity contribution in [2.75, 3.05) is 39.2 Å². The van der Waals surface area contributed by atoms with Gasteiger partial charge in [0.2, 0.25) is 0 Å². The number of ether oxygens (including phenoxy) is 4. The molecule has 10 rings (SSSR count). The van der Waals surface area contributed by atoms with Crippen molar-refractivity contribution in [2.24, 2.45) is 30.0 Å². The molecule has 300 valence electrons. The minimum absolute atomic E-state index is 0.115. The van der Waals surface area contributed by atoms with Gasteiger partial charge in [-0.05, 0) is 56.5 Å². The Morgan fingerprint density at radius 1 is 0.567 bits per heavy atom. The smallest absolute Gasteiger partial charge is 0.493 e. The van der Waals surface area contributed by atoms with Gasteiger partial charge >= 0.3 is 23.0 Å². The zero-order chi connectivity index (χ0) is 41.1. The average Bonchev–Trinajstić information content (AvgIpc) is 3.97. The molecule has 2 aromatic heterocycles. The summed E-state index contributed by atoms with van der Waals surface area (Å²) in [6, 6.07) is 23.1. The molecule has 6 heterocycles. The molecule has 1 N–H and O–H groups in total. The van der Waals surface area contributed by atoms with Crippen LogP contribution in [0.3, 0.4) is 0 Å². The molecule has 15 nitrogen and oxygen atoms in total. The zero-order valence-electron chi connectivity index (χ0n) is 33.4. The second-order valence-electron chi connectivity index (χ2n) is 14.0. The molecule has 17 heteroatoms. The minimum Gasteiger partial charge on any atom is -0.493 e. The molecular formula is C43H39AlN8O7P+. The maximum Gasteiger partial charge on any atom is 0.861 e. The van der Waals surface area contributed by atoms with Gasteiger partial charge in [0, 0.05) is 34.9 Å². The normalized spacial score (nSPS) is 14.6. The maximum atomic E-state index is 14.3. The fourth-order valence-electron chi connectivity index (χ4n) is 8.20. The molecule has 4 aliphatic rings. The van der Waals surface area contributed by atoms with Crippen LogP contribution in [-0.4, -0.2) is 89.7 Å². The highest BCUT2D eigenvalue weighted by Crippen LogP contribution is 2.47. The lowest BCUT2D eigenvalue weighted by Gasteiger charge is -2.15. The van der Waals surface area contributed by atoms with Gasteiger partial charge in [0.1, 0.15) is 45.6 Å². The van der Waals surface area contributed by atoms with Gasteiger partial charge in [-0.3, -0.25) is 0 Å². The number of benzene rings is 4. The number of aliphatic hydroxyl groups excluding tert-OH is 1. The Kier molecular flexibility index (Phi) is 9.90. The Labute approximate surface area is 349 Å². The van der Waals surface area contributed by atoms with Gasteiger partial charge in [-0.1, -0.05) is 48.5 Å². The van der Waals surface area contributed by atoms with Crippen LogP contribution in [0.5, 0.6) is 23.0 Å². The maximum absolute atomic E-state index is 14.3. The van der Waals surface area contributed by atoms with E-state index in [0.717, 1.165) is 11.1 Å². The predicted octanol–water partition coefficient (Wildman–Crippen LogP) is 6.66. The van der Waals surface area contributed by atoms with Gasteiger partial charge in [0.05, 0.1) is 48.3 Å². The van der Waals surface area contributed by atoms with Crippen molar-refractivity contribution in [2.45, 2.75) is 34.1 Å². The van der Waals surface area contributed by atoms with Gasteiger partial charge in [-0.15, -0.1) is 0 Å². The van der Waals surface area contributed by atoms with Crippen molar-refractivity contribution in [3.63, 3.8) is 0 Å². The summed E-state index contributed by atoms with van der Waals surface area (Å²) >= 11 is -3.49. The first-order chi connectivity index (χ1) is 29.5. The number of hydrogen-bond acceptors (Lipinski definition) is 13. The summed E-state index contributed by atoms with van der Waals surface area (Å²) in [5.41, 5.74) is 3.72. The summed E-state index contributed by atoms with van der Waals surface area (Å²) < 4.78 is 50.3. The monoisotopic (exact) mass is 837 g/mol. The molecule has 1 unspecified atom stereocenters. The molecule has 1 atom stereocenters. The molecule has 0 saturated carbocycles. The summed E-state index contributed by atoms with van der Waals surface area (Å²) in [7, 11) is -2.36. The summed E-state index contributed by atoms with van der Waals surface area (Å²) in [6.07, 6.45) is 0.391. The molecule has 6 bridgehead atoms. The van der Waals surface area contributed by atoms with E-state index in [2.05, 4.69) is 0 Å². The number of rotatable bonds is 13. The third kappa shape index (κ3) is 6.01. The number of aliphatic hydroxyl groups is 1. The van der Waals surface area contributed by atoms with Gasteiger partial charge < -0.3 is 31.2 Å². The number of nitrogens with zero attached hydrogens (tertiary/aromatic N) is 8. The van der Waals surface area contributed by atoms with E-state index >= 15 is 0 Å². The van der Waals surface area contributed by atoms with E-state index in [-0.39, 0.29) is 19.2 Å². The van der Waals surface area contributed by atoms with Gasteiger partial charge in [-0.25, -0.2) is 33.5 Å².